The van der Waals surface area contributed by atoms with E-state index in [0.717, 1.165) is 22.7 Å². The highest BCUT2D eigenvalue weighted by atomic mass is 16.4. The van der Waals surface area contributed by atoms with Gasteiger partial charge in [-0.05, 0) is 69.0 Å². The third-order valence-electron chi connectivity index (χ3n) is 5.67. The number of piperidine rings is 1. The first kappa shape index (κ1) is 17.6. The lowest BCUT2D eigenvalue weighted by atomic mass is 9.97. The average Bonchev–Trinajstić information content (AvgIpc) is 3.01. The Morgan fingerprint density at radius 3 is 2.30 bits per heavy atom. The predicted molar refractivity (Wildman–Crippen MR) is 108 cm³/mol. The number of aromatic nitrogens is 2. The van der Waals surface area contributed by atoms with Crippen LogP contribution >= 0.6 is 0 Å². The maximum absolute atomic E-state index is 11.3. The lowest BCUT2D eigenvalue weighted by molar-refractivity contribution is -0.142. The van der Waals surface area contributed by atoms with Crippen molar-refractivity contribution in [3.63, 3.8) is 0 Å². The first-order chi connectivity index (χ1) is 12.9. The van der Waals surface area contributed by atoms with Crippen molar-refractivity contribution in [1.82, 2.24) is 9.55 Å². The summed E-state index contributed by atoms with van der Waals surface area (Å²) in [6, 6.07) is 12.8. The molecule has 0 radical (unpaired) electrons. The van der Waals surface area contributed by atoms with Gasteiger partial charge in [-0.2, -0.15) is 0 Å². The zero-order chi connectivity index (χ0) is 19.1. The van der Waals surface area contributed by atoms with Crippen molar-refractivity contribution in [2.24, 2.45) is 5.92 Å². The van der Waals surface area contributed by atoms with Gasteiger partial charge in [-0.25, -0.2) is 4.98 Å². The fourth-order valence-corrected chi connectivity index (χ4v) is 3.81. The minimum absolute atomic E-state index is 0.247. The number of aliphatic carboxylic acids is 1. The molecule has 0 saturated carbocycles. The summed E-state index contributed by atoms with van der Waals surface area (Å²) in [5.74, 6) is -0.0291. The van der Waals surface area contributed by atoms with Gasteiger partial charge in [0.2, 0.25) is 5.95 Å². The standard InChI is InChI=1S/C22H25N3O2/c1-14-4-6-18(7-5-14)25-20-13-16(3)15(2)12-19(20)23-22(25)24-10-8-17(9-11-24)21(26)27/h4-7,12-13,17H,8-11H2,1-3H3,(H,26,27). The molecule has 1 aliphatic heterocycles. The SMILES string of the molecule is Cc1ccc(-n2c(N3CCC(C(=O)O)CC3)nc3cc(C)c(C)cc32)cc1. The van der Waals surface area contributed by atoms with Gasteiger partial charge in [-0.1, -0.05) is 17.7 Å². The molecule has 140 valence electrons. The monoisotopic (exact) mass is 363 g/mol. The fourth-order valence-electron chi connectivity index (χ4n) is 3.81. The number of carboxylic acid groups (broad SMARTS) is 1. The molecule has 0 bridgehead atoms. The molecule has 3 aromatic rings. The van der Waals surface area contributed by atoms with Crippen LogP contribution in [0.3, 0.4) is 0 Å². The Morgan fingerprint density at radius 2 is 1.67 bits per heavy atom. The average molecular weight is 363 g/mol. The van der Waals surface area contributed by atoms with E-state index in [2.05, 4.69) is 66.6 Å². The number of carboxylic acids is 1. The van der Waals surface area contributed by atoms with Crippen LogP contribution in [0.1, 0.15) is 29.5 Å². The summed E-state index contributed by atoms with van der Waals surface area (Å²) in [6.07, 6.45) is 1.31. The largest absolute Gasteiger partial charge is 0.481 e. The molecule has 2 heterocycles. The van der Waals surface area contributed by atoms with Crippen molar-refractivity contribution >= 4 is 23.0 Å². The van der Waals surface area contributed by atoms with Gasteiger partial charge in [-0.3, -0.25) is 9.36 Å². The highest BCUT2D eigenvalue weighted by Gasteiger charge is 2.27. The Bertz CT molecular complexity index is 997. The smallest absolute Gasteiger partial charge is 0.306 e. The molecular weight excluding hydrogens is 338 g/mol. The van der Waals surface area contributed by atoms with Crippen LogP contribution in [0.5, 0.6) is 0 Å². The van der Waals surface area contributed by atoms with Crippen molar-refractivity contribution in [1.29, 1.82) is 0 Å². The second-order valence-corrected chi connectivity index (χ2v) is 7.61. The minimum Gasteiger partial charge on any atom is -0.481 e. The van der Waals surface area contributed by atoms with E-state index in [9.17, 15) is 9.90 Å². The number of hydrogen-bond acceptors (Lipinski definition) is 3. The van der Waals surface area contributed by atoms with Gasteiger partial charge in [0.25, 0.3) is 0 Å². The van der Waals surface area contributed by atoms with Crippen molar-refractivity contribution in [3.8, 4) is 5.69 Å². The maximum Gasteiger partial charge on any atom is 0.306 e. The minimum atomic E-state index is -0.687. The summed E-state index contributed by atoms with van der Waals surface area (Å²) < 4.78 is 2.21. The Kier molecular flexibility index (Phi) is 4.38. The summed E-state index contributed by atoms with van der Waals surface area (Å²) in [7, 11) is 0. The number of hydrogen-bond donors (Lipinski definition) is 1. The molecule has 0 unspecified atom stereocenters. The van der Waals surface area contributed by atoms with Gasteiger partial charge in [0.15, 0.2) is 0 Å². The second-order valence-electron chi connectivity index (χ2n) is 7.61. The van der Waals surface area contributed by atoms with Crippen LogP contribution in [-0.2, 0) is 4.79 Å². The summed E-state index contributed by atoms with van der Waals surface area (Å²) in [5, 5.41) is 9.29. The van der Waals surface area contributed by atoms with Gasteiger partial charge in [-0.15, -0.1) is 0 Å². The molecule has 5 heteroatoms. The summed E-state index contributed by atoms with van der Waals surface area (Å²) in [5.41, 5.74) is 6.85. The van der Waals surface area contributed by atoms with E-state index in [1.807, 2.05) is 0 Å². The van der Waals surface area contributed by atoms with Gasteiger partial charge in [0, 0.05) is 18.8 Å². The van der Waals surface area contributed by atoms with E-state index in [1.165, 1.54) is 16.7 Å². The first-order valence-corrected chi connectivity index (χ1v) is 9.48. The highest BCUT2D eigenvalue weighted by Crippen LogP contribution is 2.31. The third-order valence-corrected chi connectivity index (χ3v) is 5.67. The Labute approximate surface area is 159 Å². The molecule has 1 aliphatic rings. The molecule has 1 fully saturated rings. The Morgan fingerprint density at radius 1 is 1.04 bits per heavy atom. The predicted octanol–water partition coefficient (Wildman–Crippen LogP) is 4.25. The number of carbonyl (C=O) groups is 1. The third kappa shape index (κ3) is 3.18. The quantitative estimate of drug-likeness (QED) is 0.756. The maximum atomic E-state index is 11.3. The summed E-state index contributed by atoms with van der Waals surface area (Å²) in [4.78, 5) is 18.5. The highest BCUT2D eigenvalue weighted by molar-refractivity contribution is 5.83. The van der Waals surface area contributed by atoms with Crippen molar-refractivity contribution in [2.75, 3.05) is 18.0 Å². The summed E-state index contributed by atoms with van der Waals surface area (Å²) >= 11 is 0. The number of aryl methyl sites for hydroxylation is 3. The topological polar surface area (TPSA) is 58.4 Å². The van der Waals surface area contributed by atoms with E-state index < -0.39 is 5.97 Å². The van der Waals surface area contributed by atoms with E-state index in [-0.39, 0.29) is 5.92 Å². The van der Waals surface area contributed by atoms with E-state index in [0.29, 0.717) is 25.9 Å². The van der Waals surface area contributed by atoms with Crippen molar-refractivity contribution in [3.05, 3.63) is 53.1 Å². The van der Waals surface area contributed by atoms with Crippen LogP contribution in [0.4, 0.5) is 5.95 Å². The van der Waals surface area contributed by atoms with Gasteiger partial charge in [0.1, 0.15) is 0 Å². The number of anilines is 1. The normalized spacial score (nSPS) is 15.4. The molecule has 1 N–H and O–H groups in total. The van der Waals surface area contributed by atoms with E-state index in [4.69, 9.17) is 4.98 Å². The number of imidazole rings is 1. The number of rotatable bonds is 3. The van der Waals surface area contributed by atoms with Crippen LogP contribution in [-0.4, -0.2) is 33.7 Å². The molecule has 0 aliphatic carbocycles. The van der Waals surface area contributed by atoms with Crippen molar-refractivity contribution in [2.45, 2.75) is 33.6 Å². The van der Waals surface area contributed by atoms with Crippen LogP contribution in [0.2, 0.25) is 0 Å². The molecule has 0 amide bonds. The Hall–Kier alpha value is -2.82. The number of fused-ring (bicyclic) bond motifs is 1. The molecule has 5 nitrogen and oxygen atoms in total. The first-order valence-electron chi connectivity index (χ1n) is 9.48. The van der Waals surface area contributed by atoms with E-state index in [1.54, 1.807) is 0 Å². The summed E-state index contributed by atoms with van der Waals surface area (Å²) in [6.45, 7) is 7.74. The molecule has 27 heavy (non-hydrogen) atoms. The zero-order valence-electron chi connectivity index (χ0n) is 16.1. The van der Waals surface area contributed by atoms with Crippen LogP contribution in [0.25, 0.3) is 16.7 Å². The van der Waals surface area contributed by atoms with Crippen molar-refractivity contribution < 1.29 is 9.90 Å². The van der Waals surface area contributed by atoms with Crippen LogP contribution in [0.15, 0.2) is 36.4 Å². The fraction of sp³-hybridized carbons (Fsp3) is 0.364. The van der Waals surface area contributed by atoms with Gasteiger partial charge >= 0.3 is 5.97 Å². The Balaban J connectivity index is 1.83. The van der Waals surface area contributed by atoms with Gasteiger partial charge < -0.3 is 10.0 Å². The van der Waals surface area contributed by atoms with Crippen LogP contribution in [0, 0.1) is 26.7 Å². The molecule has 2 aromatic carbocycles. The zero-order valence-corrected chi connectivity index (χ0v) is 16.1. The van der Waals surface area contributed by atoms with Crippen LogP contribution < -0.4 is 4.90 Å². The molecule has 0 atom stereocenters. The lowest BCUT2D eigenvalue weighted by Gasteiger charge is -2.31. The van der Waals surface area contributed by atoms with E-state index >= 15 is 0 Å². The number of benzene rings is 2. The molecule has 4 rings (SSSR count). The second kappa shape index (κ2) is 6.72. The molecule has 1 aromatic heterocycles. The van der Waals surface area contributed by atoms with Gasteiger partial charge in [0.05, 0.1) is 17.0 Å². The molecule has 0 spiro atoms. The molecule has 1 saturated heterocycles. The molecular formula is C22H25N3O2. The number of nitrogens with zero attached hydrogens (tertiary/aromatic N) is 3. The lowest BCUT2D eigenvalue weighted by Crippen LogP contribution is -2.37.